The fourth-order valence-electron chi connectivity index (χ4n) is 3.41. The summed E-state index contributed by atoms with van der Waals surface area (Å²) in [5.74, 6) is -0.0195. The number of hydrogen-bond donors (Lipinski definition) is 2. The van der Waals surface area contributed by atoms with E-state index < -0.39 is 8.25 Å². The molecule has 0 aliphatic carbocycles. The van der Waals surface area contributed by atoms with E-state index in [1.165, 1.54) is 70.6 Å². The zero-order valence-corrected chi connectivity index (χ0v) is 18.9. The summed E-state index contributed by atoms with van der Waals surface area (Å²) >= 11 is 0. The maximum absolute atomic E-state index is 12.1. The quantitative estimate of drug-likeness (QED) is 0.192. The first kappa shape index (κ1) is 25.7. The van der Waals surface area contributed by atoms with Gasteiger partial charge < -0.3 is 5.32 Å². The molecule has 1 aromatic rings. The van der Waals surface area contributed by atoms with Gasteiger partial charge in [-0.25, -0.2) is 0 Å². The van der Waals surface area contributed by atoms with Crippen LogP contribution in [-0.2, 0) is 20.5 Å². The molecule has 1 atom stereocenters. The minimum atomic E-state index is -2.64. The molecule has 1 aromatic carbocycles. The number of carbonyl (C=O) groups is 1. The Hall–Kier alpha value is -1.29. The van der Waals surface area contributed by atoms with E-state index in [-0.39, 0.29) is 12.5 Å². The summed E-state index contributed by atoms with van der Waals surface area (Å²) in [5.41, 5.74) is 1.34. The number of amides is 1. The van der Waals surface area contributed by atoms with E-state index in [4.69, 9.17) is 9.42 Å². The molecule has 0 aromatic heterocycles. The van der Waals surface area contributed by atoms with Gasteiger partial charge in [-0.1, -0.05) is 102 Å². The number of carbonyl (C=O) groups excluding carboxylic acids is 1. The molecule has 0 fully saturated rings. The van der Waals surface area contributed by atoms with E-state index in [0.29, 0.717) is 17.7 Å². The van der Waals surface area contributed by atoms with Gasteiger partial charge in [-0.15, -0.1) is 9.42 Å². The molecule has 0 aliphatic heterocycles. The van der Waals surface area contributed by atoms with Crippen molar-refractivity contribution in [2.75, 3.05) is 5.32 Å². The van der Waals surface area contributed by atoms with Gasteiger partial charge in [0.1, 0.15) is 6.61 Å². The molecule has 1 rings (SSSR count). The van der Waals surface area contributed by atoms with Gasteiger partial charge in [0.25, 0.3) is 0 Å². The van der Waals surface area contributed by atoms with Crippen molar-refractivity contribution in [3.8, 4) is 0 Å². The molecule has 29 heavy (non-hydrogen) atoms. The Morgan fingerprint density at radius 2 is 1.41 bits per heavy atom. The second-order valence-corrected chi connectivity index (χ2v) is 8.44. The second kappa shape index (κ2) is 17.6. The van der Waals surface area contributed by atoms with Crippen LogP contribution in [0.2, 0.25) is 0 Å². The lowest BCUT2D eigenvalue weighted by atomic mass is 10.0. The summed E-state index contributed by atoms with van der Waals surface area (Å²) < 4.78 is 15.4. The largest absolute Gasteiger partial charge is 0.695 e. The molecular formula is C23H39NO4P+. The first-order valence-electron chi connectivity index (χ1n) is 11.3. The fourth-order valence-corrected chi connectivity index (χ4v) is 3.66. The summed E-state index contributed by atoms with van der Waals surface area (Å²) in [6.07, 6.45) is 17.2. The normalized spacial score (nSPS) is 11.4. The van der Waals surface area contributed by atoms with Crippen LogP contribution >= 0.6 is 8.25 Å². The standard InChI is InChI=1S/C23H38NO4P/c1-2-3-4-5-6-7-8-9-10-11-12-13-14-19-23(25)24-22-18-16-15-17-21(22)20-28-29(26)27/h15-18H,2-14,19-20H2,1H3,(H-,24,25,26,27)/p+1. The van der Waals surface area contributed by atoms with Crippen LogP contribution in [0.4, 0.5) is 5.69 Å². The molecule has 1 amide bonds. The molecule has 5 nitrogen and oxygen atoms in total. The monoisotopic (exact) mass is 424 g/mol. The summed E-state index contributed by atoms with van der Waals surface area (Å²) in [5, 5.41) is 2.88. The van der Waals surface area contributed by atoms with Crippen molar-refractivity contribution in [3.63, 3.8) is 0 Å². The molecule has 0 bridgehead atoms. The van der Waals surface area contributed by atoms with Crippen molar-refractivity contribution in [2.24, 2.45) is 0 Å². The van der Waals surface area contributed by atoms with Crippen LogP contribution in [0.5, 0.6) is 0 Å². The predicted octanol–water partition coefficient (Wildman–Crippen LogP) is 7.27. The topological polar surface area (TPSA) is 75.6 Å². The minimum absolute atomic E-state index is 0.000890. The highest BCUT2D eigenvalue weighted by molar-refractivity contribution is 7.32. The average molecular weight is 425 g/mol. The fraction of sp³-hybridized carbons (Fsp3) is 0.696. The number of para-hydroxylation sites is 1. The highest BCUT2D eigenvalue weighted by atomic mass is 31.1. The molecule has 1 unspecified atom stereocenters. The Balaban J connectivity index is 2.03. The molecule has 2 N–H and O–H groups in total. The summed E-state index contributed by atoms with van der Waals surface area (Å²) in [7, 11) is -2.64. The van der Waals surface area contributed by atoms with E-state index in [1.54, 1.807) is 12.1 Å². The van der Waals surface area contributed by atoms with E-state index in [0.717, 1.165) is 12.8 Å². The Labute approximate surface area is 177 Å². The Morgan fingerprint density at radius 1 is 0.897 bits per heavy atom. The van der Waals surface area contributed by atoms with Crippen LogP contribution in [0.1, 0.15) is 102 Å². The first-order chi connectivity index (χ1) is 14.1. The Morgan fingerprint density at radius 3 is 1.97 bits per heavy atom. The lowest BCUT2D eigenvalue weighted by Gasteiger charge is -2.09. The predicted molar refractivity (Wildman–Crippen MR) is 120 cm³/mol. The lowest BCUT2D eigenvalue weighted by molar-refractivity contribution is -0.116. The van der Waals surface area contributed by atoms with Crippen molar-refractivity contribution >= 4 is 19.8 Å². The molecular weight excluding hydrogens is 385 g/mol. The molecule has 6 heteroatoms. The second-order valence-electron chi connectivity index (χ2n) is 7.71. The van der Waals surface area contributed by atoms with Gasteiger partial charge in [0, 0.05) is 22.2 Å². The number of benzene rings is 1. The maximum atomic E-state index is 12.1. The summed E-state index contributed by atoms with van der Waals surface area (Å²) in [6.45, 7) is 2.26. The van der Waals surface area contributed by atoms with Crippen molar-refractivity contribution in [2.45, 2.75) is 103 Å². The summed E-state index contributed by atoms with van der Waals surface area (Å²) in [6, 6.07) is 7.19. The zero-order valence-electron chi connectivity index (χ0n) is 18.0. The maximum Gasteiger partial charge on any atom is 0.695 e. The number of unbranched alkanes of at least 4 members (excludes halogenated alkanes) is 12. The number of hydrogen-bond acceptors (Lipinski definition) is 3. The van der Waals surface area contributed by atoms with Crippen LogP contribution in [-0.4, -0.2) is 10.8 Å². The molecule has 0 saturated heterocycles. The molecule has 164 valence electrons. The highest BCUT2D eigenvalue weighted by Gasteiger charge is 2.14. The lowest BCUT2D eigenvalue weighted by Crippen LogP contribution is -2.12. The third-order valence-electron chi connectivity index (χ3n) is 5.13. The van der Waals surface area contributed by atoms with E-state index >= 15 is 0 Å². The Kier molecular flexibility index (Phi) is 15.6. The molecule has 0 spiro atoms. The number of rotatable bonds is 18. The number of nitrogens with one attached hydrogen (secondary N) is 1. The van der Waals surface area contributed by atoms with Crippen molar-refractivity contribution < 1.29 is 18.8 Å². The van der Waals surface area contributed by atoms with Crippen molar-refractivity contribution in [1.82, 2.24) is 0 Å². The number of anilines is 1. The first-order valence-corrected chi connectivity index (χ1v) is 12.4. The Bertz CT molecular complexity index is 580. The SMILES string of the molecule is CCCCCCCCCCCCCCCC(=O)Nc1ccccc1CO[P+](=O)O. The van der Waals surface area contributed by atoms with E-state index in [9.17, 15) is 9.36 Å². The zero-order chi connectivity index (χ0) is 21.2. The van der Waals surface area contributed by atoms with E-state index in [1.807, 2.05) is 12.1 Å². The van der Waals surface area contributed by atoms with Gasteiger partial charge in [0.15, 0.2) is 0 Å². The average Bonchev–Trinajstić information content (AvgIpc) is 2.70. The third kappa shape index (κ3) is 14.4. The van der Waals surface area contributed by atoms with E-state index in [2.05, 4.69) is 12.2 Å². The minimum Gasteiger partial charge on any atom is -0.326 e. The van der Waals surface area contributed by atoms with Crippen molar-refractivity contribution in [3.05, 3.63) is 29.8 Å². The van der Waals surface area contributed by atoms with Gasteiger partial charge >= 0.3 is 8.25 Å². The van der Waals surface area contributed by atoms with Gasteiger partial charge in [-0.05, 0) is 12.5 Å². The van der Waals surface area contributed by atoms with Gasteiger partial charge in [-0.3, -0.25) is 4.79 Å². The van der Waals surface area contributed by atoms with Gasteiger partial charge in [-0.2, -0.15) is 0 Å². The molecule has 0 heterocycles. The van der Waals surface area contributed by atoms with Crippen LogP contribution in [0, 0.1) is 0 Å². The van der Waals surface area contributed by atoms with Crippen LogP contribution in [0.15, 0.2) is 24.3 Å². The van der Waals surface area contributed by atoms with Gasteiger partial charge in [0.05, 0.1) is 0 Å². The molecule has 0 saturated carbocycles. The van der Waals surface area contributed by atoms with Crippen LogP contribution < -0.4 is 5.32 Å². The molecule has 0 radical (unpaired) electrons. The highest BCUT2D eigenvalue weighted by Crippen LogP contribution is 2.23. The van der Waals surface area contributed by atoms with Crippen LogP contribution in [0.25, 0.3) is 0 Å². The summed E-state index contributed by atoms with van der Waals surface area (Å²) in [4.78, 5) is 20.9. The molecule has 0 aliphatic rings. The smallest absolute Gasteiger partial charge is 0.326 e. The van der Waals surface area contributed by atoms with Crippen LogP contribution in [0.3, 0.4) is 0 Å². The third-order valence-corrected chi connectivity index (χ3v) is 5.48. The van der Waals surface area contributed by atoms with Gasteiger partial charge in [0.2, 0.25) is 5.91 Å². The van der Waals surface area contributed by atoms with Crippen molar-refractivity contribution in [1.29, 1.82) is 0 Å².